The maximum absolute atomic E-state index is 5.86. The van der Waals surface area contributed by atoms with Crippen LogP contribution in [0, 0.1) is 0 Å². The summed E-state index contributed by atoms with van der Waals surface area (Å²) in [6.07, 6.45) is 6.27. The zero-order chi connectivity index (χ0) is 9.97. The van der Waals surface area contributed by atoms with Gasteiger partial charge >= 0.3 is 0 Å². The third kappa shape index (κ3) is 1.98. The van der Waals surface area contributed by atoms with E-state index in [1.165, 1.54) is 31.2 Å². The van der Waals surface area contributed by atoms with Gasteiger partial charge in [0.15, 0.2) is 0 Å². The van der Waals surface area contributed by atoms with E-state index < -0.39 is 0 Å². The van der Waals surface area contributed by atoms with Gasteiger partial charge in [-0.3, -0.25) is 0 Å². The van der Waals surface area contributed by atoms with Gasteiger partial charge in [0.2, 0.25) is 0 Å². The van der Waals surface area contributed by atoms with Gasteiger partial charge < -0.3 is 5.73 Å². The second kappa shape index (κ2) is 4.14. The van der Waals surface area contributed by atoms with E-state index in [0.29, 0.717) is 0 Å². The Morgan fingerprint density at radius 2 is 2.07 bits per heavy atom. The molecule has 1 aliphatic carbocycles. The van der Waals surface area contributed by atoms with E-state index in [4.69, 9.17) is 5.73 Å². The lowest BCUT2D eigenvalue weighted by Crippen LogP contribution is -2.19. The van der Waals surface area contributed by atoms with E-state index in [2.05, 4.69) is 25.1 Å². The number of rotatable bonds is 2. The van der Waals surface area contributed by atoms with Crippen LogP contribution in [0.3, 0.4) is 0 Å². The van der Waals surface area contributed by atoms with Crippen LogP contribution < -0.4 is 5.73 Å². The molecule has 1 nitrogen and oxygen atoms in total. The largest absolute Gasteiger partial charge is 0.328 e. The summed E-state index contributed by atoms with van der Waals surface area (Å²) in [5, 5.41) is 0. The van der Waals surface area contributed by atoms with Crippen molar-refractivity contribution in [1.82, 2.24) is 0 Å². The molecule has 0 saturated carbocycles. The van der Waals surface area contributed by atoms with Crippen molar-refractivity contribution >= 4 is 0 Å². The van der Waals surface area contributed by atoms with Crippen LogP contribution in [-0.4, -0.2) is 6.04 Å². The zero-order valence-corrected chi connectivity index (χ0v) is 8.92. The van der Waals surface area contributed by atoms with E-state index in [-0.39, 0.29) is 6.04 Å². The van der Waals surface area contributed by atoms with Crippen LogP contribution in [-0.2, 0) is 19.3 Å². The van der Waals surface area contributed by atoms with Crippen molar-refractivity contribution in [1.29, 1.82) is 0 Å². The monoisotopic (exact) mass is 189 g/mol. The highest BCUT2D eigenvalue weighted by molar-refractivity contribution is 5.37. The first kappa shape index (κ1) is 9.72. The molecule has 1 aliphatic rings. The summed E-state index contributed by atoms with van der Waals surface area (Å²) in [5.41, 5.74) is 10.5. The molecule has 0 radical (unpaired) electrons. The number of hydrogen-bond acceptors (Lipinski definition) is 1. The molecule has 1 aromatic rings. The fourth-order valence-corrected chi connectivity index (χ4v) is 2.40. The lowest BCUT2D eigenvalue weighted by Gasteiger charge is -2.20. The molecule has 0 bridgehead atoms. The normalized spacial score (nSPS) is 17.6. The molecule has 0 saturated heterocycles. The minimum Gasteiger partial charge on any atom is -0.328 e. The highest BCUT2D eigenvalue weighted by atomic mass is 14.6. The van der Waals surface area contributed by atoms with Gasteiger partial charge in [0.05, 0.1) is 0 Å². The summed E-state index contributed by atoms with van der Waals surface area (Å²) < 4.78 is 0. The van der Waals surface area contributed by atoms with Gasteiger partial charge in [-0.05, 0) is 55.7 Å². The van der Waals surface area contributed by atoms with Crippen LogP contribution in [0.2, 0.25) is 0 Å². The molecule has 2 N–H and O–H groups in total. The Kier molecular flexibility index (Phi) is 2.87. The fourth-order valence-electron chi connectivity index (χ4n) is 2.40. The summed E-state index contributed by atoms with van der Waals surface area (Å²) in [6, 6.07) is 6.98. The molecule has 1 aromatic carbocycles. The summed E-state index contributed by atoms with van der Waals surface area (Å²) in [4.78, 5) is 0. The van der Waals surface area contributed by atoms with Crippen LogP contribution in [0.4, 0.5) is 0 Å². The van der Waals surface area contributed by atoms with Crippen molar-refractivity contribution in [2.45, 2.75) is 45.1 Å². The maximum atomic E-state index is 5.86. The minimum absolute atomic E-state index is 0.281. The average molecular weight is 189 g/mol. The van der Waals surface area contributed by atoms with E-state index in [1.807, 2.05) is 0 Å². The predicted molar refractivity (Wildman–Crippen MR) is 60.4 cm³/mol. The molecular weight excluding hydrogens is 170 g/mol. The smallest absolute Gasteiger partial charge is 0.00510 e. The van der Waals surface area contributed by atoms with Crippen LogP contribution in [0.15, 0.2) is 18.2 Å². The van der Waals surface area contributed by atoms with E-state index in [0.717, 1.165) is 6.42 Å². The summed E-state index contributed by atoms with van der Waals surface area (Å²) in [5.74, 6) is 0. The molecule has 14 heavy (non-hydrogen) atoms. The molecule has 1 heteroatoms. The molecule has 0 spiro atoms. The number of hydrogen-bond donors (Lipinski definition) is 1. The van der Waals surface area contributed by atoms with Gasteiger partial charge in [0.1, 0.15) is 0 Å². The number of aryl methyl sites for hydroxylation is 1. The quantitative estimate of drug-likeness (QED) is 0.760. The van der Waals surface area contributed by atoms with Gasteiger partial charge in [0, 0.05) is 6.04 Å². The molecule has 0 heterocycles. The van der Waals surface area contributed by atoms with Crippen LogP contribution in [0.1, 0.15) is 36.5 Å². The first-order valence-corrected chi connectivity index (χ1v) is 5.62. The molecule has 1 atom stereocenters. The van der Waals surface area contributed by atoms with Crippen molar-refractivity contribution in [2.75, 3.05) is 0 Å². The first-order chi connectivity index (χ1) is 6.77. The SMILES string of the molecule is C[C@H](N)Cc1cccc2c1CCCC2. The predicted octanol–water partition coefficient (Wildman–Crippen LogP) is 2.46. The molecule has 76 valence electrons. The lowest BCUT2D eigenvalue weighted by molar-refractivity contribution is 0.664. The summed E-state index contributed by atoms with van der Waals surface area (Å²) >= 11 is 0. The summed E-state index contributed by atoms with van der Waals surface area (Å²) in [7, 11) is 0. The number of nitrogens with two attached hydrogens (primary N) is 1. The van der Waals surface area contributed by atoms with Gasteiger partial charge in [-0.2, -0.15) is 0 Å². The Bertz CT molecular complexity index is 315. The van der Waals surface area contributed by atoms with Crippen molar-refractivity contribution in [3.05, 3.63) is 34.9 Å². The second-order valence-electron chi connectivity index (χ2n) is 4.44. The Morgan fingerprint density at radius 1 is 1.29 bits per heavy atom. The molecule has 0 fully saturated rings. The fraction of sp³-hybridized carbons (Fsp3) is 0.538. The summed E-state index contributed by atoms with van der Waals surface area (Å²) in [6.45, 7) is 2.09. The van der Waals surface area contributed by atoms with Crippen LogP contribution >= 0.6 is 0 Å². The van der Waals surface area contributed by atoms with Gasteiger partial charge in [-0.15, -0.1) is 0 Å². The maximum Gasteiger partial charge on any atom is 0.00510 e. The number of fused-ring (bicyclic) bond motifs is 1. The van der Waals surface area contributed by atoms with Gasteiger partial charge in [-0.25, -0.2) is 0 Å². The first-order valence-electron chi connectivity index (χ1n) is 5.62. The van der Waals surface area contributed by atoms with Crippen molar-refractivity contribution in [3.63, 3.8) is 0 Å². The van der Waals surface area contributed by atoms with Crippen molar-refractivity contribution < 1.29 is 0 Å². The van der Waals surface area contributed by atoms with Gasteiger partial charge in [-0.1, -0.05) is 18.2 Å². The molecule has 2 rings (SSSR count). The van der Waals surface area contributed by atoms with Crippen molar-refractivity contribution in [3.8, 4) is 0 Å². The highest BCUT2D eigenvalue weighted by Crippen LogP contribution is 2.24. The van der Waals surface area contributed by atoms with Gasteiger partial charge in [0.25, 0.3) is 0 Å². The third-order valence-electron chi connectivity index (χ3n) is 3.03. The topological polar surface area (TPSA) is 26.0 Å². The Labute approximate surface area is 86.3 Å². The van der Waals surface area contributed by atoms with Crippen LogP contribution in [0.25, 0.3) is 0 Å². The molecule has 0 aromatic heterocycles. The Hall–Kier alpha value is -0.820. The van der Waals surface area contributed by atoms with E-state index in [1.54, 1.807) is 11.1 Å². The average Bonchev–Trinajstić information content (AvgIpc) is 2.18. The van der Waals surface area contributed by atoms with Crippen LogP contribution in [0.5, 0.6) is 0 Å². The van der Waals surface area contributed by atoms with E-state index in [9.17, 15) is 0 Å². The number of benzene rings is 1. The lowest BCUT2D eigenvalue weighted by atomic mass is 9.86. The van der Waals surface area contributed by atoms with E-state index >= 15 is 0 Å². The standard InChI is InChI=1S/C13H19N/c1-10(14)9-12-7-4-6-11-5-2-3-8-13(11)12/h4,6-7,10H,2-3,5,8-9,14H2,1H3/t10-/m0/s1. The minimum atomic E-state index is 0.281. The second-order valence-corrected chi connectivity index (χ2v) is 4.44. The van der Waals surface area contributed by atoms with Crippen molar-refractivity contribution in [2.24, 2.45) is 5.73 Å². The highest BCUT2D eigenvalue weighted by Gasteiger charge is 2.12. The Balaban J connectivity index is 2.30. The molecule has 0 unspecified atom stereocenters. The molecule has 0 amide bonds. The molecule has 0 aliphatic heterocycles. The zero-order valence-electron chi connectivity index (χ0n) is 8.92. The molecular formula is C13H19N. The Morgan fingerprint density at radius 3 is 2.86 bits per heavy atom. The third-order valence-corrected chi connectivity index (χ3v) is 3.03.